The molecule has 10 heteroatoms. The Balaban J connectivity index is 0.000000322. The summed E-state index contributed by atoms with van der Waals surface area (Å²) in [7, 11) is -4.32. The van der Waals surface area contributed by atoms with Gasteiger partial charge in [0.1, 0.15) is 24.2 Å². The van der Waals surface area contributed by atoms with Crippen molar-refractivity contribution in [2.24, 2.45) is 0 Å². The predicted molar refractivity (Wildman–Crippen MR) is 175 cm³/mol. The quantitative estimate of drug-likeness (QED) is 0.136. The van der Waals surface area contributed by atoms with Crippen LogP contribution in [0.2, 0.25) is 0 Å². The van der Waals surface area contributed by atoms with Crippen molar-refractivity contribution in [1.29, 1.82) is 0 Å². The average molecular weight is 642 g/mol. The van der Waals surface area contributed by atoms with E-state index in [1.165, 1.54) is 29.2 Å². The topological polar surface area (TPSA) is 128 Å². The lowest BCUT2D eigenvalue weighted by Gasteiger charge is -2.23. The van der Waals surface area contributed by atoms with Crippen LogP contribution in [0.3, 0.4) is 0 Å². The Labute approximate surface area is 266 Å². The first-order chi connectivity index (χ1) is 22.0. The minimum Gasteiger partial charge on any atom is -0.508 e. The SMILES string of the molecule is CCC(O)c1ccc(F)cc1.O=C1OCC(c2ccc(-c3ccc(P(=O)(O)O)cc3)cc2O)N1c1ccc(-c2ccccc2)cc1. The molecule has 46 heavy (non-hydrogen) atoms. The van der Waals surface area contributed by atoms with E-state index in [-0.39, 0.29) is 23.5 Å². The van der Waals surface area contributed by atoms with Gasteiger partial charge in [0.15, 0.2) is 0 Å². The van der Waals surface area contributed by atoms with Crippen LogP contribution < -0.4 is 10.2 Å². The van der Waals surface area contributed by atoms with E-state index in [0.717, 1.165) is 16.7 Å². The lowest BCUT2D eigenvalue weighted by molar-refractivity contribution is 0.173. The third kappa shape index (κ3) is 7.53. The second-order valence-electron chi connectivity index (χ2n) is 10.7. The standard InChI is InChI=1S/C27H22NO6P.C9H11FO/c29-26-16-21(20-8-13-23(14-9-20)35(31,32)33)10-15-24(26)25-17-34-27(30)28(25)22-11-6-19(7-12-22)18-4-2-1-3-5-18;1-2-9(11)7-3-5-8(10)6-4-7/h1-16,25,29H,17H2,(H2,31,32,33);3-6,9,11H,2H2,1H3. The van der Waals surface area contributed by atoms with E-state index in [9.17, 15) is 33.7 Å². The molecule has 5 aromatic carbocycles. The maximum atomic E-state index is 12.6. The number of phenols is 1. The third-order valence-corrected chi connectivity index (χ3v) is 8.66. The number of aliphatic hydroxyl groups excluding tert-OH is 1. The van der Waals surface area contributed by atoms with E-state index in [1.807, 2.05) is 61.5 Å². The maximum Gasteiger partial charge on any atom is 0.415 e. The van der Waals surface area contributed by atoms with E-state index < -0.39 is 25.8 Å². The van der Waals surface area contributed by atoms with Crippen LogP contribution in [-0.4, -0.2) is 32.7 Å². The van der Waals surface area contributed by atoms with Crippen molar-refractivity contribution in [2.75, 3.05) is 11.5 Å². The van der Waals surface area contributed by atoms with Crippen molar-refractivity contribution >= 4 is 24.7 Å². The molecule has 1 heterocycles. The number of phenolic OH excluding ortho intramolecular Hbond substituents is 1. The molecule has 1 fully saturated rings. The fraction of sp³-hybridized carbons (Fsp3) is 0.139. The van der Waals surface area contributed by atoms with E-state index in [1.54, 1.807) is 42.5 Å². The maximum absolute atomic E-state index is 12.6. The van der Waals surface area contributed by atoms with Gasteiger partial charge >= 0.3 is 13.7 Å². The monoisotopic (exact) mass is 641 g/mol. The summed E-state index contributed by atoms with van der Waals surface area (Å²) in [6.45, 7) is 1.98. The number of aromatic hydroxyl groups is 1. The van der Waals surface area contributed by atoms with Crippen molar-refractivity contribution in [3.63, 3.8) is 0 Å². The van der Waals surface area contributed by atoms with Crippen LogP contribution >= 0.6 is 7.60 Å². The Bertz CT molecular complexity index is 1830. The number of benzene rings is 5. The Kier molecular flexibility index (Phi) is 9.99. The van der Waals surface area contributed by atoms with Crippen LogP contribution in [0.1, 0.15) is 36.6 Å². The summed E-state index contributed by atoms with van der Waals surface area (Å²) in [6, 6.07) is 33.9. The van der Waals surface area contributed by atoms with E-state index in [4.69, 9.17) is 4.74 Å². The number of hydrogen-bond donors (Lipinski definition) is 4. The van der Waals surface area contributed by atoms with Gasteiger partial charge in [-0.2, -0.15) is 0 Å². The molecule has 236 valence electrons. The molecule has 8 nitrogen and oxygen atoms in total. The normalized spacial score (nSPS) is 15.1. The summed E-state index contributed by atoms with van der Waals surface area (Å²) in [5.41, 5.74) is 5.43. The van der Waals surface area contributed by atoms with Gasteiger partial charge < -0.3 is 24.7 Å². The molecule has 6 rings (SSSR count). The Hall–Kier alpha value is -4.79. The molecule has 1 aliphatic heterocycles. The summed E-state index contributed by atoms with van der Waals surface area (Å²) in [4.78, 5) is 32.7. The highest BCUT2D eigenvalue weighted by molar-refractivity contribution is 7.60. The van der Waals surface area contributed by atoms with Gasteiger partial charge in [-0.25, -0.2) is 9.18 Å². The van der Waals surface area contributed by atoms with Gasteiger partial charge in [0.25, 0.3) is 0 Å². The summed E-state index contributed by atoms with van der Waals surface area (Å²) in [6.07, 6.45) is -0.291. The number of amides is 1. The van der Waals surface area contributed by atoms with Crippen molar-refractivity contribution < 1.29 is 38.5 Å². The first-order valence-electron chi connectivity index (χ1n) is 14.6. The molecule has 0 saturated carbocycles. The van der Waals surface area contributed by atoms with Crippen molar-refractivity contribution in [2.45, 2.75) is 25.5 Å². The molecule has 0 radical (unpaired) electrons. The minimum absolute atomic E-state index is 0.00392. The Morgan fingerprint density at radius 2 is 1.39 bits per heavy atom. The molecule has 4 N–H and O–H groups in total. The molecule has 5 aromatic rings. The number of carbonyl (C=O) groups excluding carboxylic acids is 1. The van der Waals surface area contributed by atoms with Crippen LogP contribution in [0.5, 0.6) is 5.75 Å². The van der Waals surface area contributed by atoms with Crippen LogP contribution in [0.25, 0.3) is 22.3 Å². The molecule has 1 aliphatic rings. The van der Waals surface area contributed by atoms with Crippen LogP contribution in [0.15, 0.2) is 121 Å². The number of aliphatic hydroxyl groups is 1. The number of cyclic esters (lactones) is 1. The summed E-state index contributed by atoms with van der Waals surface area (Å²) in [5.74, 6) is -0.271. The zero-order valence-electron chi connectivity index (χ0n) is 24.9. The van der Waals surface area contributed by atoms with Crippen LogP contribution in [-0.2, 0) is 9.30 Å². The Morgan fingerprint density at radius 1 is 0.826 bits per heavy atom. The van der Waals surface area contributed by atoms with E-state index in [0.29, 0.717) is 28.8 Å². The van der Waals surface area contributed by atoms with Gasteiger partial charge in [0, 0.05) is 11.3 Å². The smallest absolute Gasteiger partial charge is 0.415 e. The molecule has 2 unspecified atom stereocenters. The number of ether oxygens (including phenoxy) is 1. The van der Waals surface area contributed by atoms with E-state index in [2.05, 4.69) is 0 Å². The highest BCUT2D eigenvalue weighted by Crippen LogP contribution is 2.39. The van der Waals surface area contributed by atoms with Crippen molar-refractivity contribution in [3.05, 3.63) is 138 Å². The molecule has 0 bridgehead atoms. The summed E-state index contributed by atoms with van der Waals surface area (Å²) < 4.78 is 29.1. The summed E-state index contributed by atoms with van der Waals surface area (Å²) in [5, 5.41) is 20.0. The molecule has 0 aromatic heterocycles. The number of halogens is 1. The lowest BCUT2D eigenvalue weighted by Crippen LogP contribution is -2.27. The van der Waals surface area contributed by atoms with Crippen molar-refractivity contribution in [3.8, 4) is 28.0 Å². The molecule has 0 spiro atoms. The van der Waals surface area contributed by atoms with Gasteiger partial charge in [-0.15, -0.1) is 0 Å². The molecule has 2 atom stereocenters. The van der Waals surface area contributed by atoms with Gasteiger partial charge in [0.2, 0.25) is 0 Å². The number of carbonyl (C=O) groups is 1. The van der Waals surface area contributed by atoms with Gasteiger partial charge in [-0.1, -0.05) is 85.8 Å². The fourth-order valence-corrected chi connectivity index (χ4v) is 5.69. The highest BCUT2D eigenvalue weighted by atomic mass is 31.2. The van der Waals surface area contributed by atoms with E-state index >= 15 is 0 Å². The number of rotatable bonds is 7. The van der Waals surface area contributed by atoms with Gasteiger partial charge in [-0.05, 0) is 76.7 Å². The highest BCUT2D eigenvalue weighted by Gasteiger charge is 2.37. The molecular weight excluding hydrogens is 608 g/mol. The number of anilines is 1. The zero-order chi connectivity index (χ0) is 32.8. The predicted octanol–water partition coefficient (Wildman–Crippen LogP) is 7.50. The first-order valence-corrected chi connectivity index (χ1v) is 16.2. The minimum atomic E-state index is -4.32. The molecule has 1 amide bonds. The molecular formula is C36H33FNO7P. The van der Waals surface area contributed by atoms with Crippen LogP contribution in [0, 0.1) is 5.82 Å². The first kappa shape index (κ1) is 32.6. The fourth-order valence-electron chi connectivity index (χ4n) is 5.15. The second kappa shape index (κ2) is 14.1. The van der Waals surface area contributed by atoms with Gasteiger partial charge in [0.05, 0.1) is 11.4 Å². The summed E-state index contributed by atoms with van der Waals surface area (Å²) >= 11 is 0. The molecule has 0 aliphatic carbocycles. The average Bonchev–Trinajstić information content (AvgIpc) is 3.45. The zero-order valence-corrected chi connectivity index (χ0v) is 25.8. The molecule has 1 saturated heterocycles. The van der Waals surface area contributed by atoms with Crippen LogP contribution in [0.4, 0.5) is 14.9 Å². The third-order valence-electron chi connectivity index (χ3n) is 7.69. The number of nitrogens with zero attached hydrogens (tertiary/aromatic N) is 1. The lowest BCUT2D eigenvalue weighted by atomic mass is 9.99. The Morgan fingerprint density at radius 3 is 1.98 bits per heavy atom. The largest absolute Gasteiger partial charge is 0.508 e. The number of hydrogen-bond acceptors (Lipinski definition) is 5. The van der Waals surface area contributed by atoms with Gasteiger partial charge in [-0.3, -0.25) is 9.46 Å². The van der Waals surface area contributed by atoms with Crippen molar-refractivity contribution in [1.82, 2.24) is 0 Å². The second-order valence-corrected chi connectivity index (χ2v) is 12.3.